The molecule has 0 aliphatic carbocycles. The fourth-order valence-corrected chi connectivity index (χ4v) is 3.02. The normalized spacial score (nSPS) is 11.6. The highest BCUT2D eigenvalue weighted by atomic mass is 35.5. The zero-order valence-corrected chi connectivity index (χ0v) is 12.9. The molecule has 5 nitrogen and oxygen atoms in total. The van der Waals surface area contributed by atoms with E-state index in [0.717, 1.165) is 24.4 Å². The zero-order chi connectivity index (χ0) is 15.5. The van der Waals surface area contributed by atoms with E-state index < -0.39 is 15.8 Å². The van der Waals surface area contributed by atoms with E-state index in [1.54, 1.807) is 0 Å². The molecule has 8 heteroatoms. The second-order valence-corrected chi connectivity index (χ2v) is 6.46. The van der Waals surface area contributed by atoms with E-state index in [9.17, 15) is 12.8 Å². The van der Waals surface area contributed by atoms with Crippen molar-refractivity contribution >= 4 is 27.3 Å². The molecule has 0 aliphatic heterocycles. The average Bonchev–Trinajstić information content (AvgIpc) is 2.90. The lowest BCUT2D eigenvalue weighted by molar-refractivity contribution is 0.601. The van der Waals surface area contributed by atoms with Crippen LogP contribution in [0.25, 0.3) is 0 Å². The number of aromatic nitrogens is 1. The molecule has 0 aliphatic rings. The Kier molecular flexibility index (Phi) is 4.87. The van der Waals surface area contributed by atoms with Crippen molar-refractivity contribution in [2.45, 2.75) is 18.4 Å². The van der Waals surface area contributed by atoms with Crippen LogP contribution in [0.1, 0.15) is 12.6 Å². The van der Waals surface area contributed by atoms with Crippen molar-refractivity contribution in [1.82, 2.24) is 10.3 Å². The van der Waals surface area contributed by atoms with E-state index in [1.165, 1.54) is 18.3 Å². The van der Waals surface area contributed by atoms with Crippen molar-refractivity contribution in [2.24, 2.45) is 0 Å². The predicted octanol–water partition coefficient (Wildman–Crippen LogP) is 2.72. The van der Waals surface area contributed by atoms with Crippen LogP contribution in [0.15, 0.2) is 35.4 Å². The summed E-state index contributed by atoms with van der Waals surface area (Å²) in [5.74, 6) is -0.570. The summed E-state index contributed by atoms with van der Waals surface area (Å²) in [5.41, 5.74) is 0.744. The van der Waals surface area contributed by atoms with Gasteiger partial charge in [0, 0.05) is 18.4 Å². The first-order chi connectivity index (χ1) is 9.92. The van der Waals surface area contributed by atoms with Gasteiger partial charge < -0.3 is 10.3 Å². The number of rotatable bonds is 6. The molecule has 0 amide bonds. The van der Waals surface area contributed by atoms with Crippen molar-refractivity contribution in [2.75, 3.05) is 11.3 Å². The lowest BCUT2D eigenvalue weighted by Crippen LogP contribution is -2.13. The second kappa shape index (κ2) is 6.46. The van der Waals surface area contributed by atoms with Gasteiger partial charge in [-0.15, -0.1) is 0 Å². The third-order valence-corrected chi connectivity index (χ3v) is 4.44. The summed E-state index contributed by atoms with van der Waals surface area (Å²) in [5, 5.41) is 3.21. The molecule has 3 N–H and O–H groups in total. The molecule has 2 rings (SSSR count). The zero-order valence-electron chi connectivity index (χ0n) is 11.3. The van der Waals surface area contributed by atoms with Crippen LogP contribution in [-0.2, 0) is 16.6 Å². The van der Waals surface area contributed by atoms with Gasteiger partial charge in [-0.3, -0.25) is 4.72 Å². The minimum atomic E-state index is -3.82. The molecule has 0 atom stereocenters. The molecule has 114 valence electrons. The SMILES string of the molecule is CCNCc1cc(S(=O)(=O)Nc2cc(F)ccc2Cl)c[nH]1. The summed E-state index contributed by atoms with van der Waals surface area (Å²) in [6.45, 7) is 3.26. The number of sulfonamides is 1. The summed E-state index contributed by atoms with van der Waals surface area (Å²) < 4.78 is 39.9. The Morgan fingerprint density at radius 3 is 2.81 bits per heavy atom. The third-order valence-electron chi connectivity index (χ3n) is 2.76. The molecule has 0 saturated carbocycles. The summed E-state index contributed by atoms with van der Waals surface area (Å²) in [7, 11) is -3.82. The molecule has 2 aromatic rings. The van der Waals surface area contributed by atoms with E-state index >= 15 is 0 Å². The molecule has 0 unspecified atom stereocenters. The predicted molar refractivity (Wildman–Crippen MR) is 80.4 cm³/mol. The molecule has 1 aromatic carbocycles. The minimum Gasteiger partial charge on any atom is -0.363 e. The molecule has 0 fully saturated rings. The molecular formula is C13H15ClFN3O2S. The smallest absolute Gasteiger partial charge is 0.263 e. The number of H-pyrrole nitrogens is 1. The summed E-state index contributed by atoms with van der Waals surface area (Å²) >= 11 is 5.85. The van der Waals surface area contributed by atoms with Crippen LogP contribution in [0.3, 0.4) is 0 Å². The molecule has 21 heavy (non-hydrogen) atoms. The van der Waals surface area contributed by atoms with Crippen molar-refractivity contribution in [3.05, 3.63) is 47.0 Å². The quantitative estimate of drug-likeness (QED) is 0.762. The Morgan fingerprint density at radius 2 is 2.10 bits per heavy atom. The van der Waals surface area contributed by atoms with Gasteiger partial charge in [0.25, 0.3) is 10.0 Å². The Balaban J connectivity index is 2.22. The fraction of sp³-hybridized carbons (Fsp3) is 0.231. The molecule has 0 spiro atoms. The summed E-state index contributed by atoms with van der Waals surface area (Å²) in [6, 6.07) is 5.00. The Morgan fingerprint density at radius 1 is 1.33 bits per heavy atom. The minimum absolute atomic E-state index is 0.00565. The van der Waals surface area contributed by atoms with Crippen LogP contribution in [0, 0.1) is 5.82 Å². The largest absolute Gasteiger partial charge is 0.363 e. The van der Waals surface area contributed by atoms with Gasteiger partial charge in [0.1, 0.15) is 10.7 Å². The number of nitrogens with one attached hydrogen (secondary N) is 3. The van der Waals surface area contributed by atoms with Crippen LogP contribution in [0.2, 0.25) is 5.02 Å². The lowest BCUT2D eigenvalue weighted by Gasteiger charge is -2.08. The van der Waals surface area contributed by atoms with Crippen LogP contribution in [0.4, 0.5) is 10.1 Å². The van der Waals surface area contributed by atoms with Crippen molar-refractivity contribution in [3.63, 3.8) is 0 Å². The maximum atomic E-state index is 13.2. The maximum absolute atomic E-state index is 13.2. The van der Waals surface area contributed by atoms with Gasteiger partial charge in [-0.1, -0.05) is 18.5 Å². The van der Waals surface area contributed by atoms with Crippen LogP contribution < -0.4 is 10.0 Å². The first kappa shape index (κ1) is 15.8. The van der Waals surface area contributed by atoms with Crippen molar-refractivity contribution in [1.29, 1.82) is 0 Å². The highest BCUT2D eigenvalue weighted by Gasteiger charge is 2.18. The van der Waals surface area contributed by atoms with Crippen molar-refractivity contribution < 1.29 is 12.8 Å². The first-order valence-electron chi connectivity index (χ1n) is 6.28. The van der Waals surface area contributed by atoms with Gasteiger partial charge in [0.15, 0.2) is 0 Å². The Labute approximate surface area is 127 Å². The topological polar surface area (TPSA) is 74.0 Å². The molecule has 0 bridgehead atoms. The first-order valence-corrected chi connectivity index (χ1v) is 8.14. The van der Waals surface area contributed by atoms with Crippen LogP contribution in [0.5, 0.6) is 0 Å². The number of halogens is 2. The Hall–Kier alpha value is -1.57. The molecule has 0 saturated heterocycles. The number of hydrogen-bond donors (Lipinski definition) is 3. The van der Waals surface area contributed by atoms with E-state index in [4.69, 9.17) is 11.6 Å². The van der Waals surface area contributed by atoms with E-state index in [-0.39, 0.29) is 15.6 Å². The number of hydrogen-bond acceptors (Lipinski definition) is 3. The molecule has 1 aromatic heterocycles. The van der Waals surface area contributed by atoms with Gasteiger partial charge in [-0.05, 0) is 30.8 Å². The van der Waals surface area contributed by atoms with E-state index in [0.29, 0.717) is 6.54 Å². The molecule has 1 heterocycles. The number of benzene rings is 1. The van der Waals surface area contributed by atoms with Gasteiger partial charge in [-0.25, -0.2) is 12.8 Å². The third kappa shape index (κ3) is 3.96. The number of anilines is 1. The fourth-order valence-electron chi connectivity index (χ4n) is 1.72. The molecular weight excluding hydrogens is 317 g/mol. The van der Waals surface area contributed by atoms with Gasteiger partial charge >= 0.3 is 0 Å². The molecule has 0 radical (unpaired) electrons. The van der Waals surface area contributed by atoms with Gasteiger partial charge in [0.05, 0.1) is 10.7 Å². The van der Waals surface area contributed by atoms with E-state index in [2.05, 4.69) is 15.0 Å². The maximum Gasteiger partial charge on any atom is 0.263 e. The highest BCUT2D eigenvalue weighted by molar-refractivity contribution is 7.92. The van der Waals surface area contributed by atoms with Crippen LogP contribution >= 0.6 is 11.6 Å². The van der Waals surface area contributed by atoms with Crippen molar-refractivity contribution in [3.8, 4) is 0 Å². The Bertz CT molecular complexity index is 731. The standard InChI is InChI=1S/C13H15ClFN3O2S/c1-2-16-7-10-6-11(8-17-10)21(19,20)18-13-5-9(15)3-4-12(13)14/h3-6,8,16-18H,2,7H2,1H3. The lowest BCUT2D eigenvalue weighted by atomic mass is 10.3. The van der Waals surface area contributed by atoms with Gasteiger partial charge in [0.2, 0.25) is 0 Å². The summed E-state index contributed by atoms with van der Waals surface area (Å²) in [4.78, 5) is 2.94. The van der Waals surface area contributed by atoms with Crippen LogP contribution in [-0.4, -0.2) is 19.9 Å². The summed E-state index contributed by atoms with van der Waals surface area (Å²) in [6.07, 6.45) is 1.38. The second-order valence-electron chi connectivity index (χ2n) is 4.37. The average molecular weight is 332 g/mol. The monoisotopic (exact) mass is 331 g/mol. The highest BCUT2D eigenvalue weighted by Crippen LogP contribution is 2.25. The number of aromatic amines is 1. The van der Waals surface area contributed by atoms with E-state index in [1.807, 2.05) is 6.92 Å². The van der Waals surface area contributed by atoms with Gasteiger partial charge in [-0.2, -0.15) is 0 Å².